The SMILES string of the molecule is CN=C(NCc1cccnc1OC)NC1CCN(Cc2cc(OC)cc(OC)c2)C1. The Hall–Kier alpha value is -3.00. The van der Waals surface area contributed by atoms with Crippen molar-refractivity contribution in [1.29, 1.82) is 0 Å². The summed E-state index contributed by atoms with van der Waals surface area (Å²) in [6.07, 6.45) is 2.78. The maximum Gasteiger partial charge on any atom is 0.218 e. The molecule has 0 amide bonds. The van der Waals surface area contributed by atoms with Crippen molar-refractivity contribution in [2.75, 3.05) is 41.5 Å². The van der Waals surface area contributed by atoms with Gasteiger partial charge in [-0.05, 0) is 30.2 Å². The third-order valence-electron chi connectivity index (χ3n) is 5.14. The summed E-state index contributed by atoms with van der Waals surface area (Å²) in [7, 11) is 6.76. The van der Waals surface area contributed by atoms with E-state index in [0.29, 0.717) is 18.5 Å². The molecule has 3 rings (SSSR count). The number of aliphatic imine (C=N–C) groups is 1. The minimum Gasteiger partial charge on any atom is -0.497 e. The van der Waals surface area contributed by atoms with Crippen molar-refractivity contribution in [3.05, 3.63) is 47.7 Å². The minimum absolute atomic E-state index is 0.333. The highest BCUT2D eigenvalue weighted by Gasteiger charge is 2.23. The Morgan fingerprint density at radius 3 is 2.60 bits per heavy atom. The second kappa shape index (κ2) is 10.7. The Morgan fingerprint density at radius 1 is 1.17 bits per heavy atom. The van der Waals surface area contributed by atoms with Crippen LogP contribution in [0.2, 0.25) is 0 Å². The predicted octanol–water partition coefficient (Wildman–Crippen LogP) is 2.05. The van der Waals surface area contributed by atoms with E-state index in [9.17, 15) is 0 Å². The first-order chi connectivity index (χ1) is 14.6. The Labute approximate surface area is 178 Å². The molecule has 1 aromatic heterocycles. The summed E-state index contributed by atoms with van der Waals surface area (Å²) in [5.74, 6) is 3.03. The summed E-state index contributed by atoms with van der Waals surface area (Å²) in [4.78, 5) is 11.0. The quantitative estimate of drug-likeness (QED) is 0.506. The highest BCUT2D eigenvalue weighted by atomic mass is 16.5. The van der Waals surface area contributed by atoms with E-state index in [1.165, 1.54) is 5.56 Å². The molecule has 0 saturated carbocycles. The Bertz CT molecular complexity index is 836. The number of nitrogens with one attached hydrogen (secondary N) is 2. The van der Waals surface area contributed by atoms with Crippen LogP contribution < -0.4 is 24.8 Å². The predicted molar refractivity (Wildman–Crippen MR) is 117 cm³/mol. The average Bonchev–Trinajstić information content (AvgIpc) is 3.22. The van der Waals surface area contributed by atoms with Gasteiger partial charge in [-0.1, -0.05) is 6.07 Å². The highest BCUT2D eigenvalue weighted by molar-refractivity contribution is 5.80. The van der Waals surface area contributed by atoms with Crippen molar-refractivity contribution in [2.24, 2.45) is 4.99 Å². The largest absolute Gasteiger partial charge is 0.497 e. The molecule has 1 unspecified atom stereocenters. The molecule has 8 heteroatoms. The first-order valence-electron chi connectivity index (χ1n) is 10.0. The summed E-state index contributed by atoms with van der Waals surface area (Å²) >= 11 is 0. The van der Waals surface area contributed by atoms with Gasteiger partial charge in [-0.3, -0.25) is 9.89 Å². The van der Waals surface area contributed by atoms with Gasteiger partial charge < -0.3 is 24.8 Å². The molecule has 162 valence electrons. The fourth-order valence-electron chi connectivity index (χ4n) is 3.62. The lowest BCUT2D eigenvalue weighted by Crippen LogP contribution is -2.44. The average molecular weight is 414 g/mol. The molecular weight excluding hydrogens is 382 g/mol. The summed E-state index contributed by atoms with van der Waals surface area (Å²) in [6, 6.07) is 10.2. The van der Waals surface area contributed by atoms with E-state index in [1.54, 1.807) is 34.6 Å². The Balaban J connectivity index is 1.52. The van der Waals surface area contributed by atoms with E-state index >= 15 is 0 Å². The van der Waals surface area contributed by atoms with Crippen LogP contribution in [0.5, 0.6) is 17.4 Å². The normalized spacial score (nSPS) is 16.9. The number of nitrogens with zero attached hydrogens (tertiary/aromatic N) is 3. The lowest BCUT2D eigenvalue weighted by atomic mass is 10.2. The zero-order valence-corrected chi connectivity index (χ0v) is 18.1. The minimum atomic E-state index is 0.333. The maximum absolute atomic E-state index is 5.38. The number of rotatable bonds is 8. The van der Waals surface area contributed by atoms with Gasteiger partial charge in [0.05, 0.1) is 21.3 Å². The number of hydrogen-bond acceptors (Lipinski definition) is 6. The van der Waals surface area contributed by atoms with Crippen LogP contribution >= 0.6 is 0 Å². The van der Waals surface area contributed by atoms with Crippen LogP contribution in [-0.2, 0) is 13.1 Å². The second-order valence-electron chi connectivity index (χ2n) is 7.18. The van der Waals surface area contributed by atoms with Crippen LogP contribution in [-0.4, -0.2) is 63.4 Å². The monoisotopic (exact) mass is 413 g/mol. The van der Waals surface area contributed by atoms with Crippen LogP contribution in [0.3, 0.4) is 0 Å². The number of methoxy groups -OCH3 is 3. The van der Waals surface area contributed by atoms with E-state index in [2.05, 4.69) is 37.6 Å². The smallest absolute Gasteiger partial charge is 0.218 e. The molecule has 1 atom stereocenters. The molecule has 1 fully saturated rings. The molecule has 0 bridgehead atoms. The molecule has 0 aliphatic carbocycles. The molecule has 1 aliphatic rings. The standard InChI is InChI=1S/C22H31N5O3/c1-23-22(25-13-17-6-5-8-24-21(17)30-4)26-18-7-9-27(15-18)14-16-10-19(28-2)12-20(11-16)29-3/h5-6,8,10-12,18H,7,9,13-15H2,1-4H3,(H2,23,25,26). The van der Waals surface area contributed by atoms with Crippen LogP contribution in [0.1, 0.15) is 17.5 Å². The van der Waals surface area contributed by atoms with Gasteiger partial charge in [0.2, 0.25) is 5.88 Å². The number of benzene rings is 1. The van der Waals surface area contributed by atoms with Gasteiger partial charge in [0.25, 0.3) is 0 Å². The molecule has 2 aromatic rings. The van der Waals surface area contributed by atoms with E-state index in [4.69, 9.17) is 14.2 Å². The number of likely N-dealkylation sites (tertiary alicyclic amines) is 1. The van der Waals surface area contributed by atoms with Crippen molar-refractivity contribution in [2.45, 2.75) is 25.6 Å². The first kappa shape index (κ1) is 21.7. The summed E-state index contributed by atoms with van der Waals surface area (Å²) in [6.45, 7) is 3.41. The Morgan fingerprint density at radius 2 is 1.93 bits per heavy atom. The zero-order valence-electron chi connectivity index (χ0n) is 18.1. The number of hydrogen-bond donors (Lipinski definition) is 2. The number of pyridine rings is 1. The fourth-order valence-corrected chi connectivity index (χ4v) is 3.62. The lowest BCUT2D eigenvalue weighted by molar-refractivity contribution is 0.321. The molecular formula is C22H31N5O3. The van der Waals surface area contributed by atoms with Crippen LogP contribution in [0.15, 0.2) is 41.5 Å². The molecule has 0 radical (unpaired) electrons. The second-order valence-corrected chi connectivity index (χ2v) is 7.18. The third kappa shape index (κ3) is 5.76. The first-order valence-corrected chi connectivity index (χ1v) is 10.0. The summed E-state index contributed by atoms with van der Waals surface area (Å²) in [5, 5.41) is 6.87. The van der Waals surface area contributed by atoms with Crippen molar-refractivity contribution in [3.63, 3.8) is 0 Å². The van der Waals surface area contributed by atoms with Gasteiger partial charge in [-0.2, -0.15) is 0 Å². The van der Waals surface area contributed by atoms with Gasteiger partial charge in [0.1, 0.15) is 11.5 Å². The fraction of sp³-hybridized carbons (Fsp3) is 0.455. The molecule has 30 heavy (non-hydrogen) atoms. The van der Waals surface area contributed by atoms with E-state index < -0.39 is 0 Å². The number of ether oxygens (including phenoxy) is 3. The van der Waals surface area contributed by atoms with Crippen LogP contribution in [0.25, 0.3) is 0 Å². The van der Waals surface area contributed by atoms with E-state index in [-0.39, 0.29) is 0 Å². The van der Waals surface area contributed by atoms with Crippen molar-refractivity contribution in [1.82, 2.24) is 20.5 Å². The molecule has 2 N–H and O–H groups in total. The molecule has 1 aliphatic heterocycles. The van der Waals surface area contributed by atoms with Gasteiger partial charge in [0.15, 0.2) is 5.96 Å². The van der Waals surface area contributed by atoms with Gasteiger partial charge in [-0.25, -0.2) is 4.98 Å². The maximum atomic E-state index is 5.38. The molecule has 8 nitrogen and oxygen atoms in total. The van der Waals surface area contributed by atoms with Crippen LogP contribution in [0.4, 0.5) is 0 Å². The third-order valence-corrected chi connectivity index (χ3v) is 5.14. The number of guanidine groups is 1. The van der Waals surface area contributed by atoms with Gasteiger partial charge in [0, 0.05) is 57.1 Å². The Kier molecular flexibility index (Phi) is 7.73. The van der Waals surface area contributed by atoms with Crippen molar-refractivity contribution < 1.29 is 14.2 Å². The highest BCUT2D eigenvalue weighted by Crippen LogP contribution is 2.24. The molecule has 1 saturated heterocycles. The van der Waals surface area contributed by atoms with Crippen molar-refractivity contribution >= 4 is 5.96 Å². The van der Waals surface area contributed by atoms with Crippen LogP contribution in [0, 0.1) is 0 Å². The topological polar surface area (TPSA) is 80.2 Å². The van der Waals surface area contributed by atoms with Gasteiger partial charge >= 0.3 is 0 Å². The summed E-state index contributed by atoms with van der Waals surface area (Å²) < 4.78 is 16.1. The zero-order chi connectivity index (χ0) is 21.3. The van der Waals surface area contributed by atoms with Gasteiger partial charge in [-0.15, -0.1) is 0 Å². The lowest BCUT2D eigenvalue weighted by Gasteiger charge is -2.19. The molecule has 2 heterocycles. The van der Waals surface area contributed by atoms with Crippen molar-refractivity contribution in [3.8, 4) is 17.4 Å². The summed E-state index contributed by atoms with van der Waals surface area (Å²) in [5.41, 5.74) is 2.17. The molecule has 0 spiro atoms. The number of aromatic nitrogens is 1. The molecule has 1 aromatic carbocycles. The van der Waals surface area contributed by atoms with E-state index in [0.717, 1.165) is 49.1 Å². The van der Waals surface area contributed by atoms with E-state index in [1.807, 2.05) is 18.2 Å².